The predicted molar refractivity (Wildman–Crippen MR) is 75.0 cm³/mol. The molecule has 3 N–H and O–H groups in total. The molecule has 0 amide bonds. The third-order valence-electron chi connectivity index (χ3n) is 3.21. The summed E-state index contributed by atoms with van der Waals surface area (Å²) < 4.78 is 54.0. The van der Waals surface area contributed by atoms with E-state index in [1.807, 2.05) is 13.8 Å². The molecular formula is C15H21F4NO2. The lowest BCUT2D eigenvalue weighted by atomic mass is 9.96. The molecule has 0 fully saturated rings. The van der Waals surface area contributed by atoms with Gasteiger partial charge in [-0.15, -0.1) is 0 Å². The van der Waals surface area contributed by atoms with Gasteiger partial charge in [0, 0.05) is 0 Å². The summed E-state index contributed by atoms with van der Waals surface area (Å²) in [5.41, 5.74) is 6.22. The van der Waals surface area contributed by atoms with Gasteiger partial charge in [-0.1, -0.05) is 26.0 Å². The van der Waals surface area contributed by atoms with Crippen LogP contribution in [0.3, 0.4) is 0 Å². The van der Waals surface area contributed by atoms with Crippen LogP contribution in [0.4, 0.5) is 17.6 Å². The number of hydrogen-bond donors (Lipinski definition) is 2. The summed E-state index contributed by atoms with van der Waals surface area (Å²) in [6.45, 7) is 4.00. The molecular weight excluding hydrogens is 302 g/mol. The summed E-state index contributed by atoms with van der Waals surface area (Å²) in [5, 5.41) is 10.00. The molecule has 0 aliphatic rings. The van der Waals surface area contributed by atoms with Gasteiger partial charge in [0.2, 0.25) is 0 Å². The molecule has 1 aromatic rings. The Hall–Kier alpha value is -1.34. The molecule has 3 nitrogen and oxygen atoms in total. The fourth-order valence-corrected chi connectivity index (χ4v) is 1.89. The lowest BCUT2D eigenvalue weighted by Crippen LogP contribution is -2.33. The van der Waals surface area contributed by atoms with Crippen molar-refractivity contribution >= 4 is 0 Å². The van der Waals surface area contributed by atoms with Crippen LogP contribution in [0.5, 0.6) is 5.75 Å². The maximum absolute atomic E-state index is 12.9. The van der Waals surface area contributed by atoms with Gasteiger partial charge in [0.15, 0.2) is 0 Å². The summed E-state index contributed by atoms with van der Waals surface area (Å²) in [6.07, 6.45) is -8.14. The van der Waals surface area contributed by atoms with Crippen LogP contribution in [0.15, 0.2) is 24.3 Å². The van der Waals surface area contributed by atoms with Crippen LogP contribution in [0.2, 0.25) is 0 Å². The SMILES string of the molecule is CC(C)CC[C@H](O)[C@H](N)c1cccc(OC(F)(F)C(F)F)c1. The first-order valence-electron chi connectivity index (χ1n) is 7.02. The second-order valence-corrected chi connectivity index (χ2v) is 5.60. The first-order chi connectivity index (χ1) is 10.1. The third-order valence-corrected chi connectivity index (χ3v) is 3.21. The van der Waals surface area contributed by atoms with Gasteiger partial charge in [0.1, 0.15) is 5.75 Å². The number of rotatable bonds is 8. The van der Waals surface area contributed by atoms with Gasteiger partial charge < -0.3 is 15.6 Å². The van der Waals surface area contributed by atoms with E-state index in [9.17, 15) is 22.7 Å². The molecule has 2 atom stereocenters. The Kier molecular flexibility index (Phi) is 6.62. The van der Waals surface area contributed by atoms with Crippen LogP contribution >= 0.6 is 0 Å². The molecule has 0 saturated heterocycles. The molecule has 0 aliphatic heterocycles. The number of hydrogen-bond acceptors (Lipinski definition) is 3. The molecule has 1 aromatic carbocycles. The zero-order valence-electron chi connectivity index (χ0n) is 12.5. The van der Waals surface area contributed by atoms with E-state index in [4.69, 9.17) is 5.73 Å². The number of alkyl halides is 4. The Labute approximate surface area is 127 Å². The minimum absolute atomic E-state index is 0.346. The van der Waals surface area contributed by atoms with Crippen LogP contribution in [-0.4, -0.2) is 23.7 Å². The van der Waals surface area contributed by atoms with Crippen molar-refractivity contribution in [1.82, 2.24) is 0 Å². The van der Waals surface area contributed by atoms with Gasteiger partial charge in [-0.3, -0.25) is 0 Å². The molecule has 0 bridgehead atoms. The van der Waals surface area contributed by atoms with E-state index in [0.29, 0.717) is 17.9 Å². The third kappa shape index (κ3) is 5.46. The van der Waals surface area contributed by atoms with E-state index in [1.54, 1.807) is 0 Å². The van der Waals surface area contributed by atoms with Gasteiger partial charge in [0.25, 0.3) is 0 Å². The van der Waals surface area contributed by atoms with Crippen molar-refractivity contribution in [3.05, 3.63) is 29.8 Å². The van der Waals surface area contributed by atoms with Crippen LogP contribution in [0, 0.1) is 5.92 Å². The zero-order chi connectivity index (χ0) is 16.9. The van der Waals surface area contributed by atoms with Gasteiger partial charge >= 0.3 is 12.5 Å². The fraction of sp³-hybridized carbons (Fsp3) is 0.600. The Bertz CT molecular complexity index is 469. The average Bonchev–Trinajstić information content (AvgIpc) is 2.43. The minimum atomic E-state index is -4.57. The fourth-order valence-electron chi connectivity index (χ4n) is 1.89. The van der Waals surface area contributed by atoms with Gasteiger partial charge in [-0.05, 0) is 36.5 Å². The standard InChI is InChI=1S/C15H21F4NO2/c1-9(2)6-7-12(21)13(20)10-4-3-5-11(8-10)22-15(18,19)14(16)17/h3-5,8-9,12-14,21H,6-7,20H2,1-2H3/t12-,13+/m0/s1. The molecule has 1 rings (SSSR count). The van der Waals surface area contributed by atoms with Crippen molar-refractivity contribution in [3.63, 3.8) is 0 Å². The minimum Gasteiger partial charge on any atom is -0.428 e. The van der Waals surface area contributed by atoms with E-state index in [1.165, 1.54) is 12.1 Å². The number of nitrogens with two attached hydrogens (primary N) is 1. The van der Waals surface area contributed by atoms with Crippen LogP contribution < -0.4 is 10.5 Å². The van der Waals surface area contributed by atoms with E-state index >= 15 is 0 Å². The second-order valence-electron chi connectivity index (χ2n) is 5.60. The Morgan fingerprint density at radius 2 is 1.86 bits per heavy atom. The molecule has 126 valence electrons. The average molecular weight is 323 g/mol. The summed E-state index contributed by atoms with van der Waals surface area (Å²) in [7, 11) is 0. The highest BCUT2D eigenvalue weighted by atomic mass is 19.3. The topological polar surface area (TPSA) is 55.5 Å². The van der Waals surface area contributed by atoms with E-state index in [2.05, 4.69) is 4.74 Å². The molecule has 0 radical (unpaired) electrons. The van der Waals surface area contributed by atoms with Crippen LogP contribution in [0.25, 0.3) is 0 Å². The summed E-state index contributed by atoms with van der Waals surface area (Å²) in [5.74, 6) is -0.0319. The Morgan fingerprint density at radius 3 is 2.41 bits per heavy atom. The van der Waals surface area contributed by atoms with E-state index < -0.39 is 30.4 Å². The number of ether oxygens (including phenoxy) is 1. The lowest BCUT2D eigenvalue weighted by molar-refractivity contribution is -0.253. The molecule has 22 heavy (non-hydrogen) atoms. The largest absolute Gasteiger partial charge is 0.461 e. The number of halogens is 4. The highest BCUT2D eigenvalue weighted by Gasteiger charge is 2.44. The zero-order valence-corrected chi connectivity index (χ0v) is 12.5. The van der Waals surface area contributed by atoms with Crippen LogP contribution in [0.1, 0.15) is 38.3 Å². The molecule has 0 aromatic heterocycles. The molecule has 0 heterocycles. The van der Waals surface area contributed by atoms with Crippen LogP contribution in [-0.2, 0) is 0 Å². The van der Waals surface area contributed by atoms with E-state index in [0.717, 1.165) is 18.6 Å². The monoisotopic (exact) mass is 323 g/mol. The quantitative estimate of drug-likeness (QED) is 0.717. The molecule has 0 spiro atoms. The second kappa shape index (κ2) is 7.78. The predicted octanol–water partition coefficient (Wildman–Crippen LogP) is 3.72. The number of aliphatic hydroxyl groups excluding tert-OH is 1. The molecule has 0 saturated carbocycles. The van der Waals surface area contributed by atoms with Crippen molar-refractivity contribution in [3.8, 4) is 5.75 Å². The number of benzene rings is 1. The number of aliphatic hydroxyl groups is 1. The van der Waals surface area contributed by atoms with Gasteiger partial charge in [-0.25, -0.2) is 0 Å². The van der Waals surface area contributed by atoms with Crippen molar-refractivity contribution < 1.29 is 27.4 Å². The molecule has 0 aliphatic carbocycles. The highest BCUT2D eigenvalue weighted by Crippen LogP contribution is 2.29. The highest BCUT2D eigenvalue weighted by molar-refractivity contribution is 5.31. The summed E-state index contributed by atoms with van der Waals surface area (Å²) in [4.78, 5) is 0. The Morgan fingerprint density at radius 1 is 1.23 bits per heavy atom. The maximum atomic E-state index is 12.9. The van der Waals surface area contributed by atoms with Crippen molar-refractivity contribution in [2.45, 2.75) is 51.4 Å². The summed E-state index contributed by atoms with van der Waals surface area (Å²) >= 11 is 0. The van der Waals surface area contributed by atoms with Gasteiger partial charge in [0.05, 0.1) is 12.1 Å². The first kappa shape index (κ1) is 18.7. The molecule has 7 heteroatoms. The van der Waals surface area contributed by atoms with Crippen molar-refractivity contribution in [1.29, 1.82) is 0 Å². The maximum Gasteiger partial charge on any atom is 0.461 e. The lowest BCUT2D eigenvalue weighted by Gasteiger charge is -2.22. The van der Waals surface area contributed by atoms with Crippen molar-refractivity contribution in [2.24, 2.45) is 11.7 Å². The molecule has 0 unspecified atom stereocenters. The van der Waals surface area contributed by atoms with Crippen molar-refractivity contribution in [2.75, 3.05) is 0 Å². The van der Waals surface area contributed by atoms with E-state index in [-0.39, 0.29) is 0 Å². The summed E-state index contributed by atoms with van der Waals surface area (Å²) in [6, 6.07) is 4.35. The normalized spacial score (nSPS) is 15.2. The Balaban J connectivity index is 2.78. The smallest absolute Gasteiger partial charge is 0.428 e. The first-order valence-corrected chi connectivity index (χ1v) is 7.02. The van der Waals surface area contributed by atoms with Gasteiger partial charge in [-0.2, -0.15) is 17.6 Å².